The predicted molar refractivity (Wildman–Crippen MR) is 95.4 cm³/mol. The van der Waals surface area contributed by atoms with Crippen LogP contribution in [0.1, 0.15) is 47.0 Å². The Kier molecular flexibility index (Phi) is 9.12. The predicted octanol–water partition coefficient (Wildman–Crippen LogP) is 4.30. The van der Waals surface area contributed by atoms with E-state index < -0.39 is 17.1 Å². The van der Waals surface area contributed by atoms with Crippen molar-refractivity contribution in [3.8, 4) is 0 Å². The molecule has 0 saturated carbocycles. The Morgan fingerprint density at radius 1 is 0.864 bits per heavy atom. The van der Waals surface area contributed by atoms with Crippen LogP contribution in [0.4, 0.5) is 0 Å². The minimum absolute atomic E-state index is 0.505. The Hall–Kier alpha value is 0.0138. The van der Waals surface area contributed by atoms with Gasteiger partial charge in [-0.2, -0.15) is 0 Å². The molecule has 0 fully saturated rings. The van der Waals surface area contributed by atoms with Gasteiger partial charge >= 0.3 is 17.1 Å². The summed E-state index contributed by atoms with van der Waals surface area (Å²) in [6, 6.07) is 0. The molecule has 0 saturated heterocycles. The van der Waals surface area contributed by atoms with Crippen LogP contribution in [0, 0.1) is 0 Å². The molecule has 0 aromatic rings. The van der Waals surface area contributed by atoms with E-state index in [0.717, 1.165) is 24.9 Å². The molecule has 6 heteroatoms. The van der Waals surface area contributed by atoms with E-state index in [0.29, 0.717) is 32.0 Å². The van der Waals surface area contributed by atoms with Crippen LogP contribution in [-0.2, 0) is 17.7 Å². The van der Waals surface area contributed by atoms with Crippen molar-refractivity contribution in [2.45, 2.75) is 64.7 Å². The van der Waals surface area contributed by atoms with Gasteiger partial charge in [0.2, 0.25) is 0 Å². The van der Waals surface area contributed by atoms with Crippen LogP contribution in [0.25, 0.3) is 0 Å². The summed E-state index contributed by atoms with van der Waals surface area (Å²) in [6.45, 7) is 13.2. The fourth-order valence-electron chi connectivity index (χ4n) is 3.41. The van der Waals surface area contributed by atoms with E-state index in [-0.39, 0.29) is 0 Å². The number of allylic oxidation sites excluding steroid dienone is 2. The summed E-state index contributed by atoms with van der Waals surface area (Å²) in [6.07, 6.45) is 7.91. The first-order valence-electron chi connectivity index (χ1n) is 8.76. The van der Waals surface area contributed by atoms with Crippen LogP contribution in [0.3, 0.4) is 0 Å². The zero-order valence-corrected chi connectivity index (χ0v) is 17.0. The Bertz CT molecular complexity index is 324. The van der Waals surface area contributed by atoms with Gasteiger partial charge in [-0.3, -0.25) is 0 Å². The lowest BCUT2D eigenvalue weighted by Crippen LogP contribution is -2.56. The van der Waals surface area contributed by atoms with Crippen molar-refractivity contribution < 1.29 is 17.7 Å². The second-order valence-electron chi connectivity index (χ2n) is 5.84. The first-order valence-corrected chi connectivity index (χ1v) is 13.4. The zero-order valence-electron chi connectivity index (χ0n) is 15.0. The lowest BCUT2D eigenvalue weighted by atomic mass is 10.1. The topological polar surface area (TPSA) is 36.9 Å². The number of rotatable bonds is 11. The van der Waals surface area contributed by atoms with Crippen LogP contribution in [0.5, 0.6) is 0 Å². The standard InChI is InChI=1S/C16H34O4Si2/c1-6-17-21(5,18-7-2)15-22(19-8-3,20-9-4)16-13-11-10-12-14-16/h10-11,16H,6-9,12-15H2,1-5H3. The van der Waals surface area contributed by atoms with E-state index in [9.17, 15) is 0 Å². The maximum Gasteiger partial charge on any atom is 0.343 e. The minimum atomic E-state index is -2.34. The molecule has 0 aromatic carbocycles. The molecule has 0 spiro atoms. The maximum atomic E-state index is 6.36. The summed E-state index contributed by atoms with van der Waals surface area (Å²) in [7, 11) is -4.60. The molecule has 1 unspecified atom stereocenters. The molecular formula is C16H34O4Si2. The molecule has 22 heavy (non-hydrogen) atoms. The molecule has 0 heterocycles. The molecule has 0 bridgehead atoms. The molecule has 0 aliphatic heterocycles. The highest BCUT2D eigenvalue weighted by Gasteiger charge is 2.52. The van der Waals surface area contributed by atoms with Gasteiger partial charge in [0.05, 0.1) is 0 Å². The van der Waals surface area contributed by atoms with Gasteiger partial charge in [0.25, 0.3) is 0 Å². The summed E-state index contributed by atoms with van der Waals surface area (Å²) < 4.78 is 24.9. The van der Waals surface area contributed by atoms with E-state index >= 15 is 0 Å². The van der Waals surface area contributed by atoms with Crippen molar-refractivity contribution in [2.75, 3.05) is 26.4 Å². The van der Waals surface area contributed by atoms with E-state index in [2.05, 4.69) is 32.5 Å². The van der Waals surface area contributed by atoms with Gasteiger partial charge in [-0.25, -0.2) is 0 Å². The summed E-state index contributed by atoms with van der Waals surface area (Å²) in [5, 5.41) is 0. The van der Waals surface area contributed by atoms with Crippen molar-refractivity contribution in [3.63, 3.8) is 0 Å². The van der Waals surface area contributed by atoms with E-state index in [1.165, 1.54) is 0 Å². The molecule has 1 aliphatic carbocycles. The molecule has 0 amide bonds. The van der Waals surface area contributed by atoms with Gasteiger partial charge in [0.15, 0.2) is 0 Å². The first-order chi connectivity index (χ1) is 10.6. The van der Waals surface area contributed by atoms with E-state index in [1.807, 2.05) is 13.8 Å². The molecule has 130 valence electrons. The smallest absolute Gasteiger partial charge is 0.343 e. The minimum Gasteiger partial charge on any atom is -0.395 e. The number of hydrogen-bond acceptors (Lipinski definition) is 4. The van der Waals surface area contributed by atoms with Crippen molar-refractivity contribution in [1.82, 2.24) is 0 Å². The Labute approximate surface area is 138 Å². The Balaban J connectivity index is 3.02. The summed E-state index contributed by atoms with van der Waals surface area (Å²) in [5.41, 5.74) is 1.37. The highest BCUT2D eigenvalue weighted by atomic mass is 28.4. The second-order valence-corrected chi connectivity index (χ2v) is 13.1. The molecule has 0 aromatic heterocycles. The largest absolute Gasteiger partial charge is 0.395 e. The maximum absolute atomic E-state index is 6.36. The molecule has 1 aliphatic rings. The third-order valence-corrected chi connectivity index (χ3v) is 13.8. The quantitative estimate of drug-likeness (QED) is 0.413. The number of hydrogen-bond donors (Lipinski definition) is 0. The third-order valence-electron chi connectivity index (χ3n) is 4.14. The van der Waals surface area contributed by atoms with Gasteiger partial charge in [-0.05, 0) is 53.5 Å². The average Bonchev–Trinajstić information content (AvgIpc) is 2.49. The van der Waals surface area contributed by atoms with Gasteiger partial charge < -0.3 is 17.7 Å². The SMILES string of the molecule is CCO[Si](C)(C[Si](OCC)(OCC)C1CC=CCC1)OCC. The van der Waals surface area contributed by atoms with Crippen molar-refractivity contribution in [2.24, 2.45) is 0 Å². The van der Waals surface area contributed by atoms with Crippen molar-refractivity contribution in [1.29, 1.82) is 0 Å². The monoisotopic (exact) mass is 346 g/mol. The molecule has 1 atom stereocenters. The zero-order chi connectivity index (χ0) is 16.5. The molecule has 4 nitrogen and oxygen atoms in total. The van der Waals surface area contributed by atoms with E-state index in [4.69, 9.17) is 17.7 Å². The average molecular weight is 347 g/mol. The second kappa shape index (κ2) is 10.00. The molecule has 0 N–H and O–H groups in total. The van der Waals surface area contributed by atoms with Crippen LogP contribution < -0.4 is 0 Å². The fraction of sp³-hybridized carbons (Fsp3) is 0.875. The van der Waals surface area contributed by atoms with Gasteiger partial charge in [0.1, 0.15) is 0 Å². The van der Waals surface area contributed by atoms with Gasteiger partial charge in [0, 0.05) is 37.6 Å². The van der Waals surface area contributed by atoms with Crippen LogP contribution in [-0.4, -0.2) is 43.5 Å². The van der Waals surface area contributed by atoms with Crippen molar-refractivity contribution in [3.05, 3.63) is 12.2 Å². The normalized spacial score (nSPS) is 19.6. The van der Waals surface area contributed by atoms with E-state index in [1.54, 1.807) is 0 Å². The summed E-state index contributed by atoms with van der Waals surface area (Å²) in [5.74, 6) is 0. The lowest BCUT2D eigenvalue weighted by molar-refractivity contribution is 0.157. The first kappa shape index (κ1) is 20.1. The van der Waals surface area contributed by atoms with Crippen LogP contribution in [0.2, 0.25) is 17.8 Å². The fourth-order valence-corrected chi connectivity index (χ4v) is 13.7. The summed E-state index contributed by atoms with van der Waals surface area (Å²) >= 11 is 0. The van der Waals surface area contributed by atoms with Gasteiger partial charge in [-0.15, -0.1) is 0 Å². The molecule has 0 radical (unpaired) electrons. The highest BCUT2D eigenvalue weighted by Crippen LogP contribution is 2.40. The highest BCUT2D eigenvalue weighted by molar-refractivity contribution is 6.86. The van der Waals surface area contributed by atoms with Crippen LogP contribution in [0.15, 0.2) is 12.2 Å². The third kappa shape index (κ3) is 5.58. The summed E-state index contributed by atoms with van der Waals surface area (Å²) in [4.78, 5) is 0. The molecule has 1 rings (SSSR count). The molecular weight excluding hydrogens is 312 g/mol. The van der Waals surface area contributed by atoms with Gasteiger partial charge in [-0.1, -0.05) is 12.2 Å². The van der Waals surface area contributed by atoms with Crippen molar-refractivity contribution >= 4 is 17.1 Å². The Morgan fingerprint density at radius 3 is 1.82 bits per heavy atom. The van der Waals surface area contributed by atoms with Crippen LogP contribution >= 0.6 is 0 Å². The lowest BCUT2D eigenvalue weighted by Gasteiger charge is -2.41. The Morgan fingerprint density at radius 2 is 1.41 bits per heavy atom.